The summed E-state index contributed by atoms with van der Waals surface area (Å²) in [5.41, 5.74) is 0.899. The Kier molecular flexibility index (Phi) is 4.06. The molecule has 2 aromatic heterocycles. The van der Waals surface area contributed by atoms with E-state index in [0.29, 0.717) is 5.82 Å². The first-order chi connectivity index (χ1) is 10.5. The van der Waals surface area contributed by atoms with Gasteiger partial charge in [0.05, 0.1) is 11.7 Å². The van der Waals surface area contributed by atoms with Crippen LogP contribution in [-0.4, -0.2) is 32.3 Å². The summed E-state index contributed by atoms with van der Waals surface area (Å²) >= 11 is 1.58. The molecule has 1 fully saturated rings. The minimum Gasteiger partial charge on any atom is -0.334 e. The van der Waals surface area contributed by atoms with E-state index < -0.39 is 0 Å². The second-order valence-corrected chi connectivity index (χ2v) is 6.73. The van der Waals surface area contributed by atoms with Crippen molar-refractivity contribution in [1.82, 2.24) is 19.9 Å². The van der Waals surface area contributed by atoms with Crippen molar-refractivity contribution in [3.8, 4) is 0 Å². The normalized spacial score (nSPS) is 17.8. The van der Waals surface area contributed by atoms with Gasteiger partial charge in [0.15, 0.2) is 5.13 Å². The van der Waals surface area contributed by atoms with Gasteiger partial charge in [-0.05, 0) is 26.7 Å². The van der Waals surface area contributed by atoms with Crippen molar-refractivity contribution in [3.05, 3.63) is 28.7 Å². The predicted molar refractivity (Wildman–Crippen MR) is 86.3 cm³/mol. The van der Waals surface area contributed by atoms with Crippen molar-refractivity contribution in [1.29, 1.82) is 0 Å². The fourth-order valence-electron chi connectivity index (χ4n) is 2.80. The fraction of sp³-hybridized carbons (Fsp3) is 0.467. The van der Waals surface area contributed by atoms with Crippen molar-refractivity contribution >= 4 is 28.2 Å². The molecule has 2 aromatic rings. The van der Waals surface area contributed by atoms with Gasteiger partial charge in [0.1, 0.15) is 11.6 Å². The number of rotatable bonds is 3. The van der Waals surface area contributed by atoms with Gasteiger partial charge in [-0.1, -0.05) is 0 Å². The molecule has 3 rings (SSSR count). The summed E-state index contributed by atoms with van der Waals surface area (Å²) in [6.45, 7) is 6.30. The molecule has 1 aliphatic heterocycles. The van der Waals surface area contributed by atoms with Crippen LogP contribution in [0.5, 0.6) is 0 Å². The molecule has 1 aliphatic rings. The number of amides is 1. The number of thiazole rings is 1. The van der Waals surface area contributed by atoms with Gasteiger partial charge in [-0.15, -0.1) is 11.3 Å². The second-order valence-electron chi connectivity index (χ2n) is 5.50. The van der Waals surface area contributed by atoms with E-state index in [-0.39, 0.29) is 11.9 Å². The summed E-state index contributed by atoms with van der Waals surface area (Å²) in [7, 11) is 0. The molecule has 1 N–H and O–H groups in total. The third-order valence-electron chi connectivity index (χ3n) is 3.71. The van der Waals surface area contributed by atoms with Crippen LogP contribution in [0.4, 0.5) is 10.9 Å². The number of likely N-dealkylation sites (tertiary alicyclic amines) is 1. The molecule has 3 heterocycles. The average molecular weight is 317 g/mol. The van der Waals surface area contributed by atoms with Crippen molar-refractivity contribution in [2.24, 2.45) is 0 Å². The van der Waals surface area contributed by atoms with E-state index in [1.54, 1.807) is 18.3 Å². The third kappa shape index (κ3) is 3.09. The zero-order chi connectivity index (χ0) is 15.7. The monoisotopic (exact) mass is 317 g/mol. The topological polar surface area (TPSA) is 71.0 Å². The van der Waals surface area contributed by atoms with E-state index in [0.717, 1.165) is 40.9 Å². The first-order valence-corrected chi connectivity index (χ1v) is 8.17. The van der Waals surface area contributed by atoms with Gasteiger partial charge >= 0.3 is 0 Å². The number of anilines is 2. The van der Waals surface area contributed by atoms with Crippen LogP contribution in [0.2, 0.25) is 0 Å². The zero-order valence-electron chi connectivity index (χ0n) is 13.0. The van der Waals surface area contributed by atoms with E-state index in [2.05, 4.69) is 20.3 Å². The molecule has 1 amide bonds. The van der Waals surface area contributed by atoms with Gasteiger partial charge in [0.25, 0.3) is 0 Å². The van der Waals surface area contributed by atoms with Crippen LogP contribution in [0.3, 0.4) is 0 Å². The molecule has 1 unspecified atom stereocenters. The highest BCUT2D eigenvalue weighted by Crippen LogP contribution is 2.32. The standard InChI is InChI=1S/C15H19N5OS/c1-9-8-16-15(22-9)19-14-7-12(17-10(2)18-14)13-5-4-6-20(13)11(3)21/h7-8,13H,4-6H2,1-3H3,(H,16,17,18,19). The van der Waals surface area contributed by atoms with Gasteiger partial charge in [-0.3, -0.25) is 4.79 Å². The van der Waals surface area contributed by atoms with Gasteiger partial charge < -0.3 is 10.2 Å². The molecule has 0 aromatic carbocycles. The van der Waals surface area contributed by atoms with E-state index in [1.165, 1.54) is 0 Å². The van der Waals surface area contributed by atoms with Crippen LogP contribution in [0.1, 0.15) is 42.2 Å². The van der Waals surface area contributed by atoms with Crippen LogP contribution in [0, 0.1) is 13.8 Å². The van der Waals surface area contributed by atoms with E-state index >= 15 is 0 Å². The second kappa shape index (κ2) is 6.00. The molecule has 0 radical (unpaired) electrons. The maximum absolute atomic E-state index is 11.8. The number of aromatic nitrogens is 3. The largest absolute Gasteiger partial charge is 0.334 e. The minimum atomic E-state index is 0.0535. The Morgan fingerprint density at radius 1 is 1.41 bits per heavy atom. The zero-order valence-corrected chi connectivity index (χ0v) is 13.8. The molecule has 0 saturated carbocycles. The predicted octanol–water partition coefficient (Wildman–Crippen LogP) is 2.98. The maximum Gasteiger partial charge on any atom is 0.220 e. The fourth-order valence-corrected chi connectivity index (χ4v) is 3.47. The molecular weight excluding hydrogens is 298 g/mol. The molecule has 1 atom stereocenters. The third-order valence-corrected chi connectivity index (χ3v) is 4.54. The molecule has 7 heteroatoms. The number of carbonyl (C=O) groups is 1. The van der Waals surface area contributed by atoms with E-state index in [9.17, 15) is 4.79 Å². The average Bonchev–Trinajstić information content (AvgIpc) is 3.07. The highest BCUT2D eigenvalue weighted by atomic mass is 32.1. The summed E-state index contributed by atoms with van der Waals surface area (Å²) in [6, 6.07) is 1.98. The van der Waals surface area contributed by atoms with Crippen LogP contribution >= 0.6 is 11.3 Å². The number of hydrogen-bond donors (Lipinski definition) is 1. The van der Waals surface area contributed by atoms with E-state index in [4.69, 9.17) is 0 Å². The molecule has 0 spiro atoms. The highest BCUT2D eigenvalue weighted by Gasteiger charge is 2.29. The molecule has 1 saturated heterocycles. The van der Waals surface area contributed by atoms with Gasteiger partial charge in [0.2, 0.25) is 5.91 Å². The Morgan fingerprint density at radius 2 is 2.23 bits per heavy atom. The van der Waals surface area contributed by atoms with Gasteiger partial charge in [0, 0.05) is 30.6 Å². The Morgan fingerprint density at radius 3 is 2.91 bits per heavy atom. The van der Waals surface area contributed by atoms with Crippen molar-refractivity contribution in [3.63, 3.8) is 0 Å². The number of nitrogens with one attached hydrogen (secondary N) is 1. The van der Waals surface area contributed by atoms with Crippen LogP contribution in [0.15, 0.2) is 12.3 Å². The Balaban J connectivity index is 1.88. The van der Waals surface area contributed by atoms with Crippen molar-refractivity contribution in [2.45, 2.75) is 39.7 Å². The maximum atomic E-state index is 11.8. The van der Waals surface area contributed by atoms with Gasteiger partial charge in [-0.2, -0.15) is 0 Å². The van der Waals surface area contributed by atoms with Crippen LogP contribution in [-0.2, 0) is 4.79 Å². The quantitative estimate of drug-likeness (QED) is 0.942. The van der Waals surface area contributed by atoms with E-state index in [1.807, 2.05) is 31.0 Å². The first-order valence-electron chi connectivity index (χ1n) is 7.35. The molecule has 0 aliphatic carbocycles. The smallest absolute Gasteiger partial charge is 0.220 e. The summed E-state index contributed by atoms with van der Waals surface area (Å²) in [4.78, 5) is 28.0. The molecule has 6 nitrogen and oxygen atoms in total. The Bertz CT molecular complexity index is 699. The Hall–Kier alpha value is -2.02. The molecule has 22 heavy (non-hydrogen) atoms. The lowest BCUT2D eigenvalue weighted by molar-refractivity contribution is -0.129. The van der Waals surface area contributed by atoms with Crippen molar-refractivity contribution in [2.75, 3.05) is 11.9 Å². The summed E-state index contributed by atoms with van der Waals surface area (Å²) in [6.07, 6.45) is 3.80. The first kappa shape index (κ1) is 14.9. The lowest BCUT2D eigenvalue weighted by atomic mass is 10.1. The number of nitrogens with zero attached hydrogens (tertiary/aromatic N) is 4. The van der Waals surface area contributed by atoms with Crippen LogP contribution in [0.25, 0.3) is 0 Å². The molecule has 0 bridgehead atoms. The number of carbonyl (C=O) groups excluding carboxylic acids is 1. The number of hydrogen-bond acceptors (Lipinski definition) is 6. The lowest BCUT2D eigenvalue weighted by Gasteiger charge is -2.23. The summed E-state index contributed by atoms with van der Waals surface area (Å²) < 4.78 is 0. The van der Waals surface area contributed by atoms with Crippen molar-refractivity contribution < 1.29 is 4.79 Å². The Labute approximate surface area is 133 Å². The SMILES string of the molecule is CC(=O)N1CCCC1c1cc(Nc2ncc(C)s2)nc(C)n1. The number of aryl methyl sites for hydroxylation is 2. The van der Waals surface area contributed by atoms with Gasteiger partial charge in [-0.25, -0.2) is 15.0 Å². The van der Waals surface area contributed by atoms with Crippen LogP contribution < -0.4 is 5.32 Å². The summed E-state index contributed by atoms with van der Waals surface area (Å²) in [5, 5.41) is 4.04. The highest BCUT2D eigenvalue weighted by molar-refractivity contribution is 7.15. The summed E-state index contributed by atoms with van der Waals surface area (Å²) in [5.74, 6) is 1.53. The molecular formula is C15H19N5OS. The minimum absolute atomic E-state index is 0.0535. The lowest BCUT2D eigenvalue weighted by Crippen LogP contribution is -2.28. The molecule has 116 valence electrons.